The van der Waals surface area contributed by atoms with Crippen molar-refractivity contribution in [1.29, 1.82) is 0 Å². The van der Waals surface area contributed by atoms with Crippen molar-refractivity contribution in [2.75, 3.05) is 0 Å². The summed E-state index contributed by atoms with van der Waals surface area (Å²) < 4.78 is 1.57. The summed E-state index contributed by atoms with van der Waals surface area (Å²) in [7, 11) is 1.68. The van der Waals surface area contributed by atoms with Crippen LogP contribution >= 0.6 is 11.8 Å². The summed E-state index contributed by atoms with van der Waals surface area (Å²) in [6, 6.07) is 0.966. The SMILES string of the molecule is Cn1cnnc1Sc1ncc(C(=O)O)cc1[N+](=O)[O-]. The molecule has 0 aromatic carbocycles. The molecule has 2 heterocycles. The minimum Gasteiger partial charge on any atom is -0.478 e. The molecule has 0 aliphatic heterocycles. The summed E-state index contributed by atoms with van der Waals surface area (Å²) in [4.78, 5) is 24.8. The van der Waals surface area contributed by atoms with Gasteiger partial charge in [0.1, 0.15) is 6.33 Å². The highest BCUT2D eigenvalue weighted by molar-refractivity contribution is 7.99. The van der Waals surface area contributed by atoms with E-state index in [1.807, 2.05) is 0 Å². The smallest absolute Gasteiger partial charge is 0.337 e. The maximum absolute atomic E-state index is 10.9. The number of hydrogen-bond donors (Lipinski definition) is 1. The van der Waals surface area contributed by atoms with E-state index < -0.39 is 10.9 Å². The Kier molecular flexibility index (Phi) is 3.42. The van der Waals surface area contributed by atoms with Crippen LogP contribution in [0.3, 0.4) is 0 Å². The topological polar surface area (TPSA) is 124 Å². The van der Waals surface area contributed by atoms with Crippen LogP contribution < -0.4 is 0 Å². The third kappa shape index (κ3) is 2.68. The lowest BCUT2D eigenvalue weighted by atomic mass is 10.3. The molecule has 0 saturated heterocycles. The van der Waals surface area contributed by atoms with E-state index in [0.29, 0.717) is 5.16 Å². The van der Waals surface area contributed by atoms with Gasteiger partial charge in [-0.05, 0) is 11.8 Å². The molecule has 0 unspecified atom stereocenters. The van der Waals surface area contributed by atoms with Gasteiger partial charge in [-0.3, -0.25) is 10.1 Å². The third-order valence-electron chi connectivity index (χ3n) is 2.13. The van der Waals surface area contributed by atoms with E-state index in [1.54, 1.807) is 11.6 Å². The van der Waals surface area contributed by atoms with E-state index in [2.05, 4.69) is 15.2 Å². The van der Waals surface area contributed by atoms with Gasteiger partial charge in [0, 0.05) is 19.3 Å². The molecule has 0 amide bonds. The number of aryl methyl sites for hydroxylation is 1. The molecular formula is C9H7N5O4S. The summed E-state index contributed by atoms with van der Waals surface area (Å²) in [6.07, 6.45) is 2.51. The molecule has 1 N–H and O–H groups in total. The van der Waals surface area contributed by atoms with Crippen LogP contribution in [0.1, 0.15) is 10.4 Å². The highest BCUT2D eigenvalue weighted by Gasteiger charge is 2.21. The number of aromatic nitrogens is 4. The Hall–Kier alpha value is -2.49. The molecule has 9 nitrogen and oxygen atoms in total. The van der Waals surface area contributed by atoms with Gasteiger partial charge in [-0.25, -0.2) is 9.78 Å². The summed E-state index contributed by atoms with van der Waals surface area (Å²) in [5.74, 6) is -1.27. The van der Waals surface area contributed by atoms with Gasteiger partial charge in [0.25, 0.3) is 0 Å². The second-order valence-corrected chi connectivity index (χ2v) is 4.39. The molecule has 98 valence electrons. The fourth-order valence-corrected chi connectivity index (χ4v) is 2.01. The molecule has 19 heavy (non-hydrogen) atoms. The predicted molar refractivity (Wildman–Crippen MR) is 63.0 cm³/mol. The van der Waals surface area contributed by atoms with Gasteiger partial charge in [-0.1, -0.05) is 0 Å². The van der Waals surface area contributed by atoms with Gasteiger partial charge in [-0.2, -0.15) is 0 Å². The molecule has 10 heteroatoms. The monoisotopic (exact) mass is 281 g/mol. The van der Waals surface area contributed by atoms with E-state index in [9.17, 15) is 14.9 Å². The van der Waals surface area contributed by atoms with Crippen molar-refractivity contribution in [3.63, 3.8) is 0 Å². The number of hydrogen-bond acceptors (Lipinski definition) is 7. The Morgan fingerprint density at radius 1 is 1.58 bits per heavy atom. The van der Waals surface area contributed by atoms with Crippen molar-refractivity contribution >= 4 is 23.4 Å². The van der Waals surface area contributed by atoms with Crippen LogP contribution in [0.2, 0.25) is 0 Å². The average Bonchev–Trinajstić information content (AvgIpc) is 2.75. The minimum absolute atomic E-state index is 0.0612. The van der Waals surface area contributed by atoms with Crippen molar-refractivity contribution < 1.29 is 14.8 Å². The van der Waals surface area contributed by atoms with E-state index in [1.165, 1.54) is 6.33 Å². The normalized spacial score (nSPS) is 10.4. The lowest BCUT2D eigenvalue weighted by Gasteiger charge is -2.02. The van der Waals surface area contributed by atoms with Gasteiger partial charge < -0.3 is 9.67 Å². The molecule has 0 bridgehead atoms. The van der Waals surface area contributed by atoms with Gasteiger partial charge >= 0.3 is 11.7 Å². The molecule has 0 spiro atoms. The summed E-state index contributed by atoms with van der Waals surface area (Å²) in [5, 5.41) is 27.6. The Morgan fingerprint density at radius 3 is 2.84 bits per heavy atom. The maximum Gasteiger partial charge on any atom is 0.337 e. The molecule has 0 aliphatic rings. The Balaban J connectivity index is 2.43. The first-order chi connectivity index (χ1) is 8.99. The number of nitrogens with zero attached hydrogens (tertiary/aromatic N) is 5. The van der Waals surface area contributed by atoms with Crippen molar-refractivity contribution in [1.82, 2.24) is 19.7 Å². The van der Waals surface area contributed by atoms with Crippen LogP contribution in [-0.2, 0) is 7.05 Å². The molecule has 0 aliphatic carbocycles. The zero-order valence-corrected chi connectivity index (χ0v) is 10.4. The van der Waals surface area contributed by atoms with Crippen molar-refractivity contribution in [2.45, 2.75) is 10.2 Å². The predicted octanol–water partition coefficient (Wildman–Crippen LogP) is 0.968. The second kappa shape index (κ2) is 5.02. The van der Waals surface area contributed by atoms with Gasteiger partial charge in [0.2, 0.25) is 0 Å². The fraction of sp³-hybridized carbons (Fsp3) is 0.111. The highest BCUT2D eigenvalue weighted by atomic mass is 32.2. The first kappa shape index (κ1) is 13.0. The largest absolute Gasteiger partial charge is 0.478 e. The Morgan fingerprint density at radius 2 is 2.32 bits per heavy atom. The van der Waals surface area contributed by atoms with Crippen molar-refractivity contribution in [2.24, 2.45) is 7.05 Å². The summed E-state index contributed by atoms with van der Waals surface area (Å²) in [5.41, 5.74) is -0.623. The molecule has 0 atom stereocenters. The van der Waals surface area contributed by atoms with Crippen LogP contribution in [-0.4, -0.2) is 35.7 Å². The van der Waals surface area contributed by atoms with Crippen LogP contribution in [0.25, 0.3) is 0 Å². The zero-order chi connectivity index (χ0) is 14.0. The van der Waals surface area contributed by atoms with E-state index in [4.69, 9.17) is 5.11 Å². The molecule has 0 fully saturated rings. The Labute approximate surface area is 110 Å². The molecule has 2 aromatic rings. The molecule has 0 radical (unpaired) electrons. The Bertz CT molecular complexity index is 656. The van der Waals surface area contributed by atoms with E-state index in [-0.39, 0.29) is 16.3 Å². The minimum atomic E-state index is -1.27. The summed E-state index contributed by atoms with van der Waals surface area (Å²) >= 11 is 0.940. The fourth-order valence-electron chi connectivity index (χ4n) is 1.22. The average molecular weight is 281 g/mol. The van der Waals surface area contributed by atoms with E-state index in [0.717, 1.165) is 24.0 Å². The van der Waals surface area contributed by atoms with Gasteiger partial charge in [0.05, 0.1) is 10.5 Å². The summed E-state index contributed by atoms with van der Waals surface area (Å²) in [6.45, 7) is 0. The van der Waals surface area contributed by atoms with Gasteiger partial charge in [0.15, 0.2) is 10.2 Å². The van der Waals surface area contributed by atoms with E-state index >= 15 is 0 Å². The van der Waals surface area contributed by atoms with Gasteiger partial charge in [-0.15, -0.1) is 10.2 Å². The van der Waals surface area contributed by atoms with Crippen molar-refractivity contribution in [3.05, 3.63) is 34.3 Å². The number of pyridine rings is 1. The quantitative estimate of drug-likeness (QED) is 0.649. The van der Waals surface area contributed by atoms with Crippen LogP contribution in [0, 0.1) is 10.1 Å². The standard InChI is InChI=1S/C9H7N5O4S/c1-13-4-11-12-9(13)19-7-6(14(17)18)2-5(3-10-7)8(15)16/h2-4H,1H3,(H,15,16). The van der Waals surface area contributed by atoms with Crippen LogP contribution in [0.5, 0.6) is 0 Å². The lowest BCUT2D eigenvalue weighted by Crippen LogP contribution is -2.02. The first-order valence-electron chi connectivity index (χ1n) is 4.88. The van der Waals surface area contributed by atoms with Crippen molar-refractivity contribution in [3.8, 4) is 0 Å². The lowest BCUT2D eigenvalue weighted by molar-refractivity contribution is -0.388. The number of aromatic carboxylic acids is 1. The van der Waals surface area contributed by atoms with Crippen LogP contribution in [0.4, 0.5) is 5.69 Å². The number of carbonyl (C=O) groups is 1. The number of carboxylic acid groups (broad SMARTS) is 1. The molecule has 2 aromatic heterocycles. The maximum atomic E-state index is 10.9. The molecule has 2 rings (SSSR count). The number of carboxylic acids is 1. The third-order valence-corrected chi connectivity index (χ3v) is 3.19. The number of rotatable bonds is 4. The first-order valence-corrected chi connectivity index (χ1v) is 5.70. The second-order valence-electron chi connectivity index (χ2n) is 3.44. The molecular weight excluding hydrogens is 274 g/mol. The molecule has 0 saturated carbocycles. The highest BCUT2D eigenvalue weighted by Crippen LogP contribution is 2.31. The number of nitro groups is 1. The zero-order valence-electron chi connectivity index (χ0n) is 9.55. The van der Waals surface area contributed by atoms with Crippen LogP contribution in [0.15, 0.2) is 28.8 Å².